The Morgan fingerprint density at radius 2 is 2.15 bits per heavy atom. The van der Waals surface area contributed by atoms with E-state index in [1.165, 1.54) is 18.4 Å². The summed E-state index contributed by atoms with van der Waals surface area (Å²) in [6.45, 7) is 10.2. The normalized spacial score (nSPS) is 18.6. The van der Waals surface area contributed by atoms with Crippen molar-refractivity contribution in [1.82, 2.24) is 10.2 Å². The van der Waals surface area contributed by atoms with E-state index in [0.29, 0.717) is 6.04 Å². The maximum atomic E-state index is 12.8. The third-order valence-electron chi connectivity index (χ3n) is 4.30. The molecule has 2 rings (SSSR count). The van der Waals surface area contributed by atoms with Gasteiger partial charge >= 0.3 is 0 Å². The van der Waals surface area contributed by atoms with Gasteiger partial charge in [0.25, 0.3) is 5.91 Å². The van der Waals surface area contributed by atoms with Gasteiger partial charge in [0, 0.05) is 24.2 Å². The minimum Gasteiger partial charge on any atom is -0.335 e. The maximum Gasteiger partial charge on any atom is 0.254 e. The van der Waals surface area contributed by atoms with E-state index in [9.17, 15) is 4.79 Å². The topological polar surface area (TPSA) is 32.3 Å². The quantitative estimate of drug-likeness (QED) is 0.915. The van der Waals surface area contributed by atoms with Gasteiger partial charge in [-0.3, -0.25) is 4.79 Å². The highest BCUT2D eigenvalue weighted by Gasteiger charge is 2.25. The Labute approximate surface area is 122 Å². The molecule has 1 atom stereocenters. The second-order valence-electron chi connectivity index (χ2n) is 6.09. The number of nitrogens with one attached hydrogen (secondary N) is 1. The molecular weight excluding hydrogens is 248 g/mol. The van der Waals surface area contributed by atoms with Crippen molar-refractivity contribution < 1.29 is 4.79 Å². The van der Waals surface area contributed by atoms with Crippen LogP contribution in [-0.4, -0.2) is 36.0 Å². The van der Waals surface area contributed by atoms with Gasteiger partial charge in [-0.05, 0) is 64.3 Å². The lowest BCUT2D eigenvalue weighted by atomic mass is 10.0. The molecule has 1 aliphatic rings. The highest BCUT2D eigenvalue weighted by atomic mass is 16.2. The second-order valence-corrected chi connectivity index (χ2v) is 6.09. The highest BCUT2D eigenvalue weighted by molar-refractivity contribution is 5.96. The zero-order chi connectivity index (χ0) is 14.7. The minimum atomic E-state index is 0.162. The zero-order valence-corrected chi connectivity index (χ0v) is 13.1. The molecule has 20 heavy (non-hydrogen) atoms. The minimum absolute atomic E-state index is 0.162. The molecule has 1 aliphatic heterocycles. The van der Waals surface area contributed by atoms with Crippen molar-refractivity contribution in [2.24, 2.45) is 0 Å². The van der Waals surface area contributed by atoms with Crippen molar-refractivity contribution in [3.63, 3.8) is 0 Å². The number of amides is 1. The summed E-state index contributed by atoms with van der Waals surface area (Å²) < 4.78 is 0. The Hall–Kier alpha value is -1.35. The van der Waals surface area contributed by atoms with Crippen LogP contribution in [0.4, 0.5) is 0 Å². The van der Waals surface area contributed by atoms with Crippen molar-refractivity contribution in [2.75, 3.05) is 13.1 Å². The number of nitrogens with zero attached hydrogens (tertiary/aromatic N) is 1. The van der Waals surface area contributed by atoms with Crippen LogP contribution in [0.2, 0.25) is 0 Å². The third kappa shape index (κ3) is 3.21. The number of rotatable bonds is 4. The average Bonchev–Trinajstić information content (AvgIpc) is 2.91. The van der Waals surface area contributed by atoms with Gasteiger partial charge < -0.3 is 10.2 Å². The molecule has 0 bridgehead atoms. The van der Waals surface area contributed by atoms with Gasteiger partial charge in [-0.2, -0.15) is 0 Å². The lowest BCUT2D eigenvalue weighted by molar-refractivity contribution is 0.0688. The molecule has 110 valence electrons. The van der Waals surface area contributed by atoms with Gasteiger partial charge in [0.15, 0.2) is 0 Å². The molecule has 0 aromatic heterocycles. The fourth-order valence-electron chi connectivity index (χ4n) is 2.82. The van der Waals surface area contributed by atoms with Crippen molar-refractivity contribution in [2.45, 2.75) is 52.6 Å². The molecule has 1 aromatic rings. The van der Waals surface area contributed by atoms with Gasteiger partial charge in [0.2, 0.25) is 0 Å². The van der Waals surface area contributed by atoms with Crippen LogP contribution in [0.25, 0.3) is 0 Å². The van der Waals surface area contributed by atoms with E-state index in [-0.39, 0.29) is 11.9 Å². The molecule has 0 saturated carbocycles. The molecule has 1 fully saturated rings. The van der Waals surface area contributed by atoms with Gasteiger partial charge in [0.05, 0.1) is 0 Å². The summed E-state index contributed by atoms with van der Waals surface area (Å²) in [7, 11) is 0. The monoisotopic (exact) mass is 274 g/mol. The Morgan fingerprint density at radius 3 is 2.75 bits per heavy atom. The summed E-state index contributed by atoms with van der Waals surface area (Å²) in [5.74, 6) is 0.162. The fourth-order valence-corrected chi connectivity index (χ4v) is 2.82. The second kappa shape index (κ2) is 6.40. The molecule has 0 radical (unpaired) electrons. The predicted octanol–water partition coefficient (Wildman–Crippen LogP) is 2.91. The standard InChI is InChI=1S/C17H26N2O/c1-12(2)19(11-15-8-6-10-18-15)17(20)16-9-5-7-13(3)14(16)4/h5,7,9,12,15,18H,6,8,10-11H2,1-4H3. The molecule has 1 amide bonds. The summed E-state index contributed by atoms with van der Waals surface area (Å²) in [6, 6.07) is 6.66. The number of carbonyl (C=O) groups excluding carboxylic acids is 1. The van der Waals surface area contributed by atoms with Gasteiger partial charge in [-0.15, -0.1) is 0 Å². The van der Waals surface area contributed by atoms with E-state index in [0.717, 1.165) is 24.2 Å². The first kappa shape index (κ1) is 15.0. The number of carbonyl (C=O) groups is 1. The summed E-state index contributed by atoms with van der Waals surface area (Å²) in [5.41, 5.74) is 3.12. The van der Waals surface area contributed by atoms with Crippen LogP contribution in [-0.2, 0) is 0 Å². The molecule has 1 N–H and O–H groups in total. The van der Waals surface area contributed by atoms with Gasteiger partial charge in [0.1, 0.15) is 0 Å². The first-order valence-corrected chi connectivity index (χ1v) is 7.61. The number of benzene rings is 1. The van der Waals surface area contributed by atoms with Crippen LogP contribution in [0, 0.1) is 13.8 Å². The lowest BCUT2D eigenvalue weighted by Gasteiger charge is -2.30. The van der Waals surface area contributed by atoms with E-state index in [4.69, 9.17) is 0 Å². The van der Waals surface area contributed by atoms with E-state index >= 15 is 0 Å². The molecule has 1 saturated heterocycles. The van der Waals surface area contributed by atoms with Gasteiger partial charge in [-0.1, -0.05) is 12.1 Å². The fraction of sp³-hybridized carbons (Fsp3) is 0.588. The molecule has 1 heterocycles. The lowest BCUT2D eigenvalue weighted by Crippen LogP contribution is -2.45. The maximum absolute atomic E-state index is 12.8. The van der Waals surface area contributed by atoms with Crippen molar-refractivity contribution in [3.8, 4) is 0 Å². The van der Waals surface area contributed by atoms with Crippen molar-refractivity contribution in [3.05, 3.63) is 34.9 Å². The molecule has 1 aromatic carbocycles. The van der Waals surface area contributed by atoms with E-state index in [1.807, 2.05) is 24.0 Å². The van der Waals surface area contributed by atoms with E-state index < -0.39 is 0 Å². The van der Waals surface area contributed by atoms with Crippen LogP contribution in [0.15, 0.2) is 18.2 Å². The predicted molar refractivity (Wildman–Crippen MR) is 83.1 cm³/mol. The van der Waals surface area contributed by atoms with Crippen LogP contribution < -0.4 is 5.32 Å². The first-order valence-electron chi connectivity index (χ1n) is 7.61. The average molecular weight is 274 g/mol. The van der Waals surface area contributed by atoms with E-state index in [2.05, 4.69) is 32.2 Å². The summed E-state index contributed by atoms with van der Waals surface area (Å²) >= 11 is 0. The van der Waals surface area contributed by atoms with Crippen LogP contribution in [0.3, 0.4) is 0 Å². The highest BCUT2D eigenvalue weighted by Crippen LogP contribution is 2.18. The summed E-state index contributed by atoms with van der Waals surface area (Å²) in [5, 5.41) is 3.48. The number of hydrogen-bond acceptors (Lipinski definition) is 2. The Bertz CT molecular complexity index is 476. The van der Waals surface area contributed by atoms with Crippen LogP contribution in [0.5, 0.6) is 0 Å². The molecule has 3 nitrogen and oxygen atoms in total. The summed E-state index contributed by atoms with van der Waals surface area (Å²) in [4.78, 5) is 14.8. The van der Waals surface area contributed by atoms with Crippen LogP contribution in [0.1, 0.15) is 48.2 Å². The number of aryl methyl sites for hydroxylation is 1. The van der Waals surface area contributed by atoms with Gasteiger partial charge in [-0.25, -0.2) is 0 Å². The molecular formula is C17H26N2O. The van der Waals surface area contributed by atoms with E-state index in [1.54, 1.807) is 0 Å². The van der Waals surface area contributed by atoms with Crippen molar-refractivity contribution >= 4 is 5.91 Å². The molecule has 0 spiro atoms. The largest absolute Gasteiger partial charge is 0.335 e. The third-order valence-corrected chi connectivity index (χ3v) is 4.30. The number of hydrogen-bond donors (Lipinski definition) is 1. The molecule has 3 heteroatoms. The SMILES string of the molecule is Cc1cccc(C(=O)N(CC2CCCN2)C(C)C)c1C. The zero-order valence-electron chi connectivity index (χ0n) is 13.1. The smallest absolute Gasteiger partial charge is 0.254 e. The molecule has 0 aliphatic carbocycles. The van der Waals surface area contributed by atoms with Crippen LogP contribution >= 0.6 is 0 Å². The summed E-state index contributed by atoms with van der Waals surface area (Å²) in [6.07, 6.45) is 2.39. The first-order chi connectivity index (χ1) is 9.50. The Morgan fingerprint density at radius 1 is 1.40 bits per heavy atom. The Balaban J connectivity index is 2.19. The molecule has 1 unspecified atom stereocenters. The van der Waals surface area contributed by atoms with Crippen molar-refractivity contribution in [1.29, 1.82) is 0 Å². The Kier molecular flexibility index (Phi) is 4.81.